The predicted molar refractivity (Wildman–Crippen MR) is 56.5 cm³/mol. The maximum atomic E-state index is 5.53. The lowest BCUT2D eigenvalue weighted by atomic mass is 10.4. The Morgan fingerprint density at radius 2 is 2.43 bits per heavy atom. The number of aromatic nitrogens is 3. The van der Waals surface area contributed by atoms with Crippen molar-refractivity contribution in [2.45, 2.75) is 31.9 Å². The molecule has 1 aliphatic rings. The third kappa shape index (κ3) is 3.06. The first-order chi connectivity index (χ1) is 6.88. The van der Waals surface area contributed by atoms with Gasteiger partial charge in [-0.15, -0.1) is 5.10 Å². The van der Waals surface area contributed by atoms with Crippen molar-refractivity contribution < 1.29 is 4.74 Å². The average molecular weight is 260 g/mol. The minimum Gasteiger partial charge on any atom is -0.376 e. The van der Waals surface area contributed by atoms with Gasteiger partial charge in [0.25, 0.3) is 0 Å². The average Bonchev–Trinajstić information content (AvgIpc) is 2.88. The summed E-state index contributed by atoms with van der Waals surface area (Å²) in [5.74, 6) is 0. The fraction of sp³-hybridized carbons (Fsp3) is 0.778. The molecule has 14 heavy (non-hydrogen) atoms. The van der Waals surface area contributed by atoms with E-state index in [-0.39, 0.29) is 0 Å². The molecule has 0 aliphatic heterocycles. The van der Waals surface area contributed by atoms with E-state index in [1.807, 2.05) is 10.9 Å². The van der Waals surface area contributed by atoms with Crippen molar-refractivity contribution >= 4 is 15.9 Å². The number of hydrogen-bond acceptors (Lipinski definition) is 3. The first kappa shape index (κ1) is 10.1. The highest BCUT2D eigenvalue weighted by atomic mass is 79.9. The van der Waals surface area contributed by atoms with Crippen molar-refractivity contribution in [1.82, 2.24) is 15.0 Å². The van der Waals surface area contributed by atoms with Gasteiger partial charge in [-0.25, -0.2) is 4.68 Å². The number of hydrogen-bond donors (Lipinski definition) is 0. The third-order valence-electron chi connectivity index (χ3n) is 2.14. The number of halogens is 1. The monoisotopic (exact) mass is 259 g/mol. The summed E-state index contributed by atoms with van der Waals surface area (Å²) in [6.07, 6.45) is 5.90. The third-order valence-corrected chi connectivity index (χ3v) is 2.53. The number of nitrogens with zero attached hydrogens (tertiary/aromatic N) is 3. The summed E-state index contributed by atoms with van der Waals surface area (Å²) < 4.78 is 7.38. The van der Waals surface area contributed by atoms with Gasteiger partial charge in [-0.2, -0.15) is 0 Å². The van der Waals surface area contributed by atoms with Crippen LogP contribution in [0.15, 0.2) is 6.20 Å². The van der Waals surface area contributed by atoms with Crippen LogP contribution in [-0.2, 0) is 17.7 Å². The van der Waals surface area contributed by atoms with Crippen LogP contribution >= 0.6 is 15.9 Å². The topological polar surface area (TPSA) is 39.9 Å². The van der Waals surface area contributed by atoms with Crippen LogP contribution in [0.4, 0.5) is 0 Å². The second kappa shape index (κ2) is 4.89. The number of ether oxygens (including phenoxy) is 1. The van der Waals surface area contributed by atoms with Gasteiger partial charge in [0, 0.05) is 17.9 Å². The lowest BCUT2D eigenvalue weighted by molar-refractivity contribution is 0.109. The quantitative estimate of drug-likeness (QED) is 0.726. The lowest BCUT2D eigenvalue weighted by Crippen LogP contribution is -2.07. The Morgan fingerprint density at radius 1 is 1.57 bits per heavy atom. The zero-order valence-electron chi connectivity index (χ0n) is 8.03. The van der Waals surface area contributed by atoms with E-state index in [2.05, 4.69) is 26.2 Å². The molecule has 1 aromatic rings. The van der Waals surface area contributed by atoms with Crippen LogP contribution in [-0.4, -0.2) is 33.0 Å². The minimum absolute atomic E-state index is 0.528. The van der Waals surface area contributed by atoms with Crippen LogP contribution in [0.2, 0.25) is 0 Å². The Kier molecular flexibility index (Phi) is 3.53. The molecule has 78 valence electrons. The molecule has 0 radical (unpaired) electrons. The highest BCUT2D eigenvalue weighted by Gasteiger charge is 2.21. The van der Waals surface area contributed by atoms with Crippen LogP contribution in [0.3, 0.4) is 0 Å². The van der Waals surface area contributed by atoms with Gasteiger partial charge < -0.3 is 4.74 Å². The van der Waals surface area contributed by atoms with Crippen molar-refractivity contribution in [3.05, 3.63) is 11.9 Å². The van der Waals surface area contributed by atoms with Gasteiger partial charge in [0.05, 0.1) is 24.9 Å². The maximum absolute atomic E-state index is 5.53. The molecule has 4 nitrogen and oxygen atoms in total. The van der Waals surface area contributed by atoms with E-state index in [1.165, 1.54) is 12.8 Å². The SMILES string of the molecule is BrCCc1cn(CCOC2CC2)nn1. The van der Waals surface area contributed by atoms with Crippen LogP contribution in [0.5, 0.6) is 0 Å². The van der Waals surface area contributed by atoms with Crippen LogP contribution in [0.25, 0.3) is 0 Å². The van der Waals surface area contributed by atoms with E-state index in [1.54, 1.807) is 0 Å². The summed E-state index contributed by atoms with van der Waals surface area (Å²) >= 11 is 3.37. The van der Waals surface area contributed by atoms with Gasteiger partial charge in [-0.1, -0.05) is 21.1 Å². The molecule has 1 fully saturated rings. The molecular weight excluding hydrogens is 246 g/mol. The second-order valence-electron chi connectivity index (χ2n) is 3.48. The largest absolute Gasteiger partial charge is 0.376 e. The summed E-state index contributed by atoms with van der Waals surface area (Å²) in [5.41, 5.74) is 1.04. The molecule has 1 heterocycles. The molecule has 1 aliphatic carbocycles. The molecule has 2 rings (SSSR count). The molecule has 0 saturated heterocycles. The molecule has 0 amide bonds. The highest BCUT2D eigenvalue weighted by Crippen LogP contribution is 2.23. The van der Waals surface area contributed by atoms with Gasteiger partial charge >= 0.3 is 0 Å². The first-order valence-corrected chi connectivity index (χ1v) is 6.07. The predicted octanol–water partition coefficient (Wildman–Crippen LogP) is 1.39. The summed E-state index contributed by atoms with van der Waals surface area (Å²) in [6, 6.07) is 0. The van der Waals surface area contributed by atoms with Crippen LogP contribution < -0.4 is 0 Å². The first-order valence-electron chi connectivity index (χ1n) is 4.95. The summed E-state index contributed by atoms with van der Waals surface area (Å²) in [4.78, 5) is 0. The lowest BCUT2D eigenvalue weighted by Gasteiger charge is -2.00. The van der Waals surface area contributed by atoms with Crippen molar-refractivity contribution in [3.63, 3.8) is 0 Å². The van der Waals surface area contributed by atoms with Crippen molar-refractivity contribution in [2.24, 2.45) is 0 Å². The molecule has 5 heteroatoms. The van der Waals surface area contributed by atoms with E-state index in [9.17, 15) is 0 Å². The van der Waals surface area contributed by atoms with Gasteiger partial charge in [0.1, 0.15) is 0 Å². The van der Waals surface area contributed by atoms with E-state index in [0.29, 0.717) is 6.10 Å². The van der Waals surface area contributed by atoms with Gasteiger partial charge in [-0.05, 0) is 12.8 Å². The number of rotatable bonds is 6. The maximum Gasteiger partial charge on any atom is 0.0835 e. The summed E-state index contributed by atoms with van der Waals surface area (Å²) in [5, 5.41) is 9.00. The zero-order valence-corrected chi connectivity index (χ0v) is 9.61. The Hall–Kier alpha value is -0.420. The fourth-order valence-corrected chi connectivity index (χ4v) is 1.61. The Balaban J connectivity index is 1.71. The van der Waals surface area contributed by atoms with E-state index >= 15 is 0 Å². The molecule has 1 aromatic heterocycles. The van der Waals surface area contributed by atoms with E-state index in [0.717, 1.165) is 30.6 Å². The number of alkyl halides is 1. The van der Waals surface area contributed by atoms with Gasteiger partial charge in [0.2, 0.25) is 0 Å². The molecule has 1 saturated carbocycles. The molecule has 0 aromatic carbocycles. The van der Waals surface area contributed by atoms with Crippen LogP contribution in [0, 0.1) is 0 Å². The van der Waals surface area contributed by atoms with E-state index < -0.39 is 0 Å². The fourth-order valence-electron chi connectivity index (χ4n) is 1.21. The van der Waals surface area contributed by atoms with Crippen LogP contribution in [0.1, 0.15) is 18.5 Å². The molecule has 0 bridgehead atoms. The molecule has 0 N–H and O–H groups in total. The Bertz CT molecular complexity index is 285. The Labute approximate surface area is 91.8 Å². The minimum atomic E-state index is 0.528. The van der Waals surface area contributed by atoms with Crippen molar-refractivity contribution in [3.8, 4) is 0 Å². The molecule has 0 unspecified atom stereocenters. The Morgan fingerprint density at radius 3 is 3.14 bits per heavy atom. The van der Waals surface area contributed by atoms with Crippen molar-refractivity contribution in [2.75, 3.05) is 11.9 Å². The van der Waals surface area contributed by atoms with Gasteiger partial charge in [-0.3, -0.25) is 0 Å². The second-order valence-corrected chi connectivity index (χ2v) is 4.28. The standard InChI is InChI=1S/C9H14BrN3O/c10-4-3-8-7-13(12-11-8)5-6-14-9-1-2-9/h7,9H,1-6H2. The van der Waals surface area contributed by atoms with Gasteiger partial charge in [0.15, 0.2) is 0 Å². The highest BCUT2D eigenvalue weighted by molar-refractivity contribution is 9.09. The summed E-state index contributed by atoms with van der Waals surface area (Å²) in [6.45, 7) is 1.56. The normalized spacial score (nSPS) is 16.1. The zero-order chi connectivity index (χ0) is 9.80. The smallest absolute Gasteiger partial charge is 0.0835 e. The molecular formula is C9H14BrN3O. The van der Waals surface area contributed by atoms with E-state index in [4.69, 9.17) is 4.74 Å². The molecule has 0 spiro atoms. The number of aryl methyl sites for hydroxylation is 1. The van der Waals surface area contributed by atoms with Crippen molar-refractivity contribution in [1.29, 1.82) is 0 Å². The summed E-state index contributed by atoms with van der Waals surface area (Å²) in [7, 11) is 0. The molecule has 0 atom stereocenters.